The van der Waals surface area contributed by atoms with Crippen LogP contribution in [0.4, 0.5) is 4.79 Å². The van der Waals surface area contributed by atoms with Crippen molar-refractivity contribution in [2.24, 2.45) is 0 Å². The highest BCUT2D eigenvalue weighted by molar-refractivity contribution is 5.71. The molecule has 0 atom stereocenters. The number of carboxylic acid groups (broad SMARTS) is 1. The second-order valence-electron chi connectivity index (χ2n) is 4.12. The van der Waals surface area contributed by atoms with Crippen LogP contribution in [0, 0.1) is 0 Å². The molecule has 0 saturated heterocycles. The van der Waals surface area contributed by atoms with Gasteiger partial charge in [-0.2, -0.15) is 0 Å². The average Bonchev–Trinajstić information content (AvgIpc) is 2.46. The van der Waals surface area contributed by atoms with E-state index in [0.29, 0.717) is 18.5 Å². The van der Waals surface area contributed by atoms with Gasteiger partial charge in [0, 0.05) is 12.1 Å². The zero-order valence-corrected chi connectivity index (χ0v) is 12.5. The number of amides is 1. The number of allylic oxidation sites excluding steroid dienone is 7. The molecule has 0 heterocycles. The molecule has 0 spiro atoms. The zero-order chi connectivity index (χ0) is 16.8. The molecule has 0 radical (unpaired) electrons. The van der Waals surface area contributed by atoms with Gasteiger partial charge in [0.1, 0.15) is 5.76 Å². The summed E-state index contributed by atoms with van der Waals surface area (Å²) in [5.41, 5.74) is 0.458. The molecule has 0 bridgehead atoms. The molecule has 22 heavy (non-hydrogen) atoms. The maximum atomic E-state index is 11.6. The SMILES string of the molecule is C=C/C=C\C(=C)OC(=O)N/C(C=C)=C/C=C/CCCC(=O)O. The van der Waals surface area contributed by atoms with Crippen LogP contribution in [0.3, 0.4) is 0 Å². The molecule has 5 nitrogen and oxygen atoms in total. The predicted molar refractivity (Wildman–Crippen MR) is 87.0 cm³/mol. The first kappa shape index (κ1) is 19.2. The Morgan fingerprint density at radius 1 is 1.23 bits per heavy atom. The number of hydrogen-bond acceptors (Lipinski definition) is 3. The quantitative estimate of drug-likeness (QED) is 0.365. The first-order chi connectivity index (χ1) is 10.5. The lowest BCUT2D eigenvalue weighted by Gasteiger charge is -2.06. The number of aliphatic carboxylic acids is 1. The smallest absolute Gasteiger partial charge is 0.417 e. The van der Waals surface area contributed by atoms with Gasteiger partial charge < -0.3 is 9.84 Å². The normalized spacial score (nSPS) is 11.4. The maximum Gasteiger partial charge on any atom is 0.417 e. The van der Waals surface area contributed by atoms with Crippen molar-refractivity contribution in [3.05, 3.63) is 73.7 Å². The van der Waals surface area contributed by atoms with E-state index in [1.165, 1.54) is 18.2 Å². The maximum absolute atomic E-state index is 11.6. The van der Waals surface area contributed by atoms with Gasteiger partial charge in [0.2, 0.25) is 0 Å². The fourth-order valence-electron chi connectivity index (χ4n) is 1.27. The molecule has 0 aromatic carbocycles. The van der Waals surface area contributed by atoms with Crippen LogP contribution in [0.5, 0.6) is 0 Å². The first-order valence-electron chi connectivity index (χ1n) is 6.67. The second-order valence-corrected chi connectivity index (χ2v) is 4.12. The van der Waals surface area contributed by atoms with Gasteiger partial charge in [-0.25, -0.2) is 4.79 Å². The summed E-state index contributed by atoms with van der Waals surface area (Å²) in [7, 11) is 0. The van der Waals surface area contributed by atoms with Crippen molar-refractivity contribution in [2.75, 3.05) is 0 Å². The molecule has 0 aromatic rings. The van der Waals surface area contributed by atoms with Crippen LogP contribution < -0.4 is 5.32 Å². The van der Waals surface area contributed by atoms with Crippen molar-refractivity contribution < 1.29 is 19.4 Å². The van der Waals surface area contributed by atoms with E-state index in [1.807, 2.05) is 6.08 Å². The Morgan fingerprint density at radius 3 is 2.55 bits per heavy atom. The summed E-state index contributed by atoms with van der Waals surface area (Å²) in [4.78, 5) is 21.9. The Bertz CT molecular complexity index is 513. The monoisotopic (exact) mass is 303 g/mol. The summed E-state index contributed by atoms with van der Waals surface area (Å²) in [5.74, 6) is -0.629. The lowest BCUT2D eigenvalue weighted by atomic mass is 10.2. The summed E-state index contributed by atoms with van der Waals surface area (Å²) in [5, 5.41) is 11.0. The van der Waals surface area contributed by atoms with Crippen molar-refractivity contribution in [1.29, 1.82) is 0 Å². The molecule has 0 rings (SSSR count). The molecule has 0 aliphatic rings. The Kier molecular flexibility index (Phi) is 10.4. The minimum Gasteiger partial charge on any atom is -0.481 e. The van der Waals surface area contributed by atoms with Gasteiger partial charge in [-0.1, -0.05) is 44.0 Å². The van der Waals surface area contributed by atoms with Crippen LogP contribution in [0.15, 0.2) is 73.7 Å². The van der Waals surface area contributed by atoms with E-state index in [1.54, 1.807) is 18.2 Å². The van der Waals surface area contributed by atoms with Crippen molar-refractivity contribution in [1.82, 2.24) is 5.32 Å². The molecule has 0 fully saturated rings. The fourth-order valence-corrected chi connectivity index (χ4v) is 1.27. The van der Waals surface area contributed by atoms with Crippen molar-refractivity contribution >= 4 is 12.1 Å². The fraction of sp³-hybridized carbons (Fsp3) is 0.176. The number of carbonyl (C=O) groups excluding carboxylic acids is 1. The van der Waals surface area contributed by atoms with E-state index in [-0.39, 0.29) is 12.2 Å². The molecule has 5 heteroatoms. The van der Waals surface area contributed by atoms with Crippen molar-refractivity contribution in [2.45, 2.75) is 19.3 Å². The molecule has 2 N–H and O–H groups in total. The highest BCUT2D eigenvalue weighted by Crippen LogP contribution is 2.01. The third kappa shape index (κ3) is 11.0. The predicted octanol–water partition coefficient (Wildman–Crippen LogP) is 3.85. The highest BCUT2D eigenvalue weighted by Gasteiger charge is 2.03. The van der Waals surface area contributed by atoms with Crippen LogP contribution in [-0.4, -0.2) is 17.2 Å². The molecule has 0 unspecified atom stereocenters. The van der Waals surface area contributed by atoms with Crippen molar-refractivity contribution in [3.8, 4) is 0 Å². The number of carbonyl (C=O) groups is 2. The average molecular weight is 303 g/mol. The van der Waals surface area contributed by atoms with E-state index in [9.17, 15) is 9.59 Å². The Morgan fingerprint density at radius 2 is 1.95 bits per heavy atom. The van der Waals surface area contributed by atoms with Gasteiger partial charge in [0.15, 0.2) is 0 Å². The topological polar surface area (TPSA) is 75.6 Å². The second kappa shape index (κ2) is 12.0. The first-order valence-corrected chi connectivity index (χ1v) is 6.67. The van der Waals surface area contributed by atoms with Gasteiger partial charge >= 0.3 is 12.1 Å². The molecule has 0 aliphatic carbocycles. The Labute approximate surface area is 130 Å². The highest BCUT2D eigenvalue weighted by atomic mass is 16.6. The minimum absolute atomic E-state index is 0.132. The van der Waals surface area contributed by atoms with E-state index in [0.717, 1.165) is 0 Å². The third-order valence-corrected chi connectivity index (χ3v) is 2.28. The largest absolute Gasteiger partial charge is 0.481 e. The lowest BCUT2D eigenvalue weighted by molar-refractivity contribution is -0.137. The molecule has 0 aliphatic heterocycles. The number of hydrogen-bond donors (Lipinski definition) is 2. The lowest BCUT2D eigenvalue weighted by Crippen LogP contribution is -2.22. The van der Waals surface area contributed by atoms with Gasteiger partial charge in [-0.15, -0.1) is 0 Å². The summed E-state index contributed by atoms with van der Waals surface area (Å²) in [6, 6.07) is 0. The summed E-state index contributed by atoms with van der Waals surface area (Å²) in [6.45, 7) is 10.6. The van der Waals surface area contributed by atoms with Gasteiger partial charge in [0.05, 0.1) is 0 Å². The zero-order valence-electron chi connectivity index (χ0n) is 12.5. The van der Waals surface area contributed by atoms with Crippen LogP contribution in [-0.2, 0) is 9.53 Å². The van der Waals surface area contributed by atoms with E-state index in [2.05, 4.69) is 25.1 Å². The Hall–Kier alpha value is -2.82. The van der Waals surface area contributed by atoms with Gasteiger partial charge in [0.25, 0.3) is 0 Å². The van der Waals surface area contributed by atoms with Crippen LogP contribution in [0.1, 0.15) is 19.3 Å². The third-order valence-electron chi connectivity index (χ3n) is 2.28. The number of rotatable bonds is 10. The number of carboxylic acids is 1. The van der Waals surface area contributed by atoms with E-state index in [4.69, 9.17) is 9.84 Å². The van der Waals surface area contributed by atoms with Crippen LogP contribution >= 0.6 is 0 Å². The number of ether oxygens (including phenoxy) is 1. The molecular formula is C17H21NO4. The minimum atomic E-state index is -0.814. The number of alkyl carbamates (subject to hydrolysis) is 1. The van der Waals surface area contributed by atoms with Crippen LogP contribution in [0.2, 0.25) is 0 Å². The Balaban J connectivity index is 4.28. The number of unbranched alkanes of at least 4 members (excludes halogenated alkanes) is 1. The molecular weight excluding hydrogens is 282 g/mol. The molecule has 0 aromatic heterocycles. The summed E-state index contributed by atoms with van der Waals surface area (Å²) >= 11 is 0. The number of nitrogens with one attached hydrogen (secondary N) is 1. The van der Waals surface area contributed by atoms with Crippen molar-refractivity contribution in [3.63, 3.8) is 0 Å². The van der Waals surface area contributed by atoms with Crippen LogP contribution in [0.25, 0.3) is 0 Å². The molecule has 118 valence electrons. The summed E-state index contributed by atoms with van der Waals surface area (Å²) < 4.78 is 4.90. The molecule has 1 amide bonds. The van der Waals surface area contributed by atoms with E-state index < -0.39 is 12.1 Å². The standard InChI is InChI=1S/C17H21NO4/c1-4-6-11-14(3)22-17(21)18-15(5-2)12-9-7-8-10-13-16(19)20/h4-7,9,11-12H,1-3,8,10,13H2,(H,18,21)(H,19,20)/b9-7+,11-6-,15-12+. The molecule has 0 saturated carbocycles. The van der Waals surface area contributed by atoms with E-state index >= 15 is 0 Å². The summed E-state index contributed by atoms with van der Waals surface area (Å²) in [6.07, 6.45) is 11.9. The van der Waals surface area contributed by atoms with Gasteiger partial charge in [-0.3, -0.25) is 10.1 Å². The van der Waals surface area contributed by atoms with Gasteiger partial charge in [-0.05, 0) is 31.1 Å².